The van der Waals surface area contributed by atoms with Crippen molar-refractivity contribution in [1.82, 2.24) is 9.97 Å². The van der Waals surface area contributed by atoms with Gasteiger partial charge in [-0.15, -0.1) is 0 Å². The van der Waals surface area contributed by atoms with Crippen molar-refractivity contribution in [2.24, 2.45) is 5.73 Å². The quantitative estimate of drug-likeness (QED) is 0.683. The molecule has 0 aliphatic carbocycles. The number of hydrogen-bond donors (Lipinski definition) is 2. The average Bonchev–Trinajstić information content (AvgIpc) is 2.57. The number of imidazole rings is 1. The first-order valence-corrected chi connectivity index (χ1v) is 4.27. The van der Waals surface area contributed by atoms with Crippen LogP contribution in [0.25, 0.3) is 0 Å². The fraction of sp³-hybridized carbons (Fsp3) is 0.300. The smallest absolute Gasteiger partial charge is 0.107 e. The molecule has 0 aromatic carbocycles. The second-order valence-electron chi connectivity index (χ2n) is 2.99. The predicted octanol–water partition coefficient (Wildman–Crippen LogP) is 1.41. The Morgan fingerprint density at radius 2 is 2.62 bits per heavy atom. The maximum atomic E-state index is 5.92. The van der Waals surface area contributed by atoms with Gasteiger partial charge >= 0.3 is 0 Å². The predicted molar refractivity (Wildman–Crippen MR) is 54.2 cm³/mol. The highest BCUT2D eigenvalue weighted by Crippen LogP contribution is 2.04. The van der Waals surface area contributed by atoms with Gasteiger partial charge in [-0.25, -0.2) is 4.98 Å². The van der Waals surface area contributed by atoms with Crippen molar-refractivity contribution < 1.29 is 0 Å². The fourth-order valence-corrected chi connectivity index (χ4v) is 1.09. The molecule has 0 saturated carbocycles. The zero-order chi connectivity index (χ0) is 9.68. The number of nitrogens with two attached hydrogens (primary N) is 1. The third-order valence-electron chi connectivity index (χ3n) is 1.93. The number of nitrogens with one attached hydrogen (secondary N) is 1. The Morgan fingerprint density at radius 1 is 1.85 bits per heavy atom. The van der Waals surface area contributed by atoms with Gasteiger partial charge in [-0.1, -0.05) is 24.3 Å². The van der Waals surface area contributed by atoms with Gasteiger partial charge in [-0.2, -0.15) is 0 Å². The molecule has 0 aliphatic rings. The molecule has 0 aliphatic heterocycles. The minimum Gasteiger partial charge on any atom is -0.349 e. The number of aromatic amines is 1. The van der Waals surface area contributed by atoms with E-state index in [-0.39, 0.29) is 6.04 Å². The second kappa shape index (κ2) is 4.62. The van der Waals surface area contributed by atoms with Gasteiger partial charge in [0.2, 0.25) is 0 Å². The molecule has 1 rings (SSSR count). The van der Waals surface area contributed by atoms with Crippen molar-refractivity contribution in [1.29, 1.82) is 0 Å². The van der Waals surface area contributed by atoms with Crippen LogP contribution in [0.2, 0.25) is 0 Å². The molecule has 1 atom stereocenters. The Hall–Kier alpha value is -1.35. The van der Waals surface area contributed by atoms with Gasteiger partial charge in [0.15, 0.2) is 0 Å². The maximum absolute atomic E-state index is 5.92. The maximum Gasteiger partial charge on any atom is 0.107 e. The topological polar surface area (TPSA) is 54.7 Å². The van der Waals surface area contributed by atoms with Crippen LogP contribution in [0.15, 0.2) is 36.7 Å². The van der Waals surface area contributed by atoms with Crippen LogP contribution >= 0.6 is 0 Å². The molecule has 13 heavy (non-hydrogen) atoms. The molecule has 0 bridgehead atoms. The van der Waals surface area contributed by atoms with Gasteiger partial charge in [-0.05, 0) is 6.92 Å². The number of H-pyrrole nitrogens is 1. The highest BCUT2D eigenvalue weighted by molar-refractivity contribution is 5.15. The molecule has 0 amide bonds. The lowest BCUT2D eigenvalue weighted by Crippen LogP contribution is -2.24. The third kappa shape index (κ3) is 2.87. The average molecular weight is 177 g/mol. The summed E-state index contributed by atoms with van der Waals surface area (Å²) in [5.41, 5.74) is 7.04. The summed E-state index contributed by atoms with van der Waals surface area (Å²) < 4.78 is 0. The molecule has 3 N–H and O–H groups in total. The van der Waals surface area contributed by atoms with E-state index < -0.39 is 0 Å². The van der Waals surface area contributed by atoms with E-state index in [0.717, 1.165) is 17.8 Å². The summed E-state index contributed by atoms with van der Waals surface area (Å²) in [6.45, 7) is 5.62. The molecule has 0 spiro atoms. The number of allylic oxidation sites excluding steroid dienone is 2. The zero-order valence-electron chi connectivity index (χ0n) is 7.83. The second-order valence-corrected chi connectivity index (χ2v) is 2.99. The summed E-state index contributed by atoms with van der Waals surface area (Å²) in [5, 5.41) is 0. The molecule has 1 unspecified atom stereocenters. The van der Waals surface area contributed by atoms with Crippen molar-refractivity contribution in [2.75, 3.05) is 0 Å². The molecule has 0 radical (unpaired) electrons. The van der Waals surface area contributed by atoms with Crippen LogP contribution in [-0.4, -0.2) is 16.0 Å². The van der Waals surface area contributed by atoms with E-state index in [1.807, 2.05) is 13.0 Å². The SMILES string of the molecule is C=CC=C(C)C(N)Cc1ncc[nH]1. The largest absolute Gasteiger partial charge is 0.349 e. The number of aromatic nitrogens is 2. The molecule has 3 nitrogen and oxygen atoms in total. The van der Waals surface area contributed by atoms with Gasteiger partial charge in [0, 0.05) is 24.9 Å². The van der Waals surface area contributed by atoms with Gasteiger partial charge in [0.1, 0.15) is 5.82 Å². The molecule has 70 valence electrons. The van der Waals surface area contributed by atoms with Crippen LogP contribution in [0.3, 0.4) is 0 Å². The van der Waals surface area contributed by atoms with E-state index >= 15 is 0 Å². The number of hydrogen-bond acceptors (Lipinski definition) is 2. The summed E-state index contributed by atoms with van der Waals surface area (Å²) in [6, 6.07) is 0.0177. The highest BCUT2D eigenvalue weighted by Gasteiger charge is 2.06. The first-order valence-electron chi connectivity index (χ1n) is 4.27. The van der Waals surface area contributed by atoms with Crippen LogP contribution in [0.1, 0.15) is 12.7 Å². The van der Waals surface area contributed by atoms with Crippen LogP contribution in [0.4, 0.5) is 0 Å². The van der Waals surface area contributed by atoms with E-state index in [1.54, 1.807) is 18.5 Å². The van der Waals surface area contributed by atoms with Crippen molar-refractivity contribution >= 4 is 0 Å². The van der Waals surface area contributed by atoms with Gasteiger partial charge < -0.3 is 10.7 Å². The minimum atomic E-state index is 0.0177. The fourth-order valence-electron chi connectivity index (χ4n) is 1.09. The molecule has 1 aromatic heterocycles. The number of rotatable bonds is 4. The van der Waals surface area contributed by atoms with E-state index in [2.05, 4.69) is 16.5 Å². The summed E-state index contributed by atoms with van der Waals surface area (Å²) in [7, 11) is 0. The van der Waals surface area contributed by atoms with E-state index in [9.17, 15) is 0 Å². The summed E-state index contributed by atoms with van der Waals surface area (Å²) in [6.07, 6.45) is 7.94. The number of nitrogens with zero attached hydrogens (tertiary/aromatic N) is 1. The van der Waals surface area contributed by atoms with Gasteiger partial charge in [-0.3, -0.25) is 0 Å². The molecule has 3 heteroatoms. The van der Waals surface area contributed by atoms with Gasteiger partial charge in [0.25, 0.3) is 0 Å². The molecule has 0 saturated heterocycles. The molecule has 1 heterocycles. The standard InChI is InChI=1S/C10H15N3/c1-3-4-8(2)9(11)7-10-12-5-6-13-10/h3-6,9H,1,7,11H2,2H3,(H,12,13). The summed E-state index contributed by atoms with van der Waals surface area (Å²) >= 11 is 0. The molecular formula is C10H15N3. The normalized spacial score (nSPS) is 14.2. The Bertz CT molecular complexity index is 285. The summed E-state index contributed by atoms with van der Waals surface area (Å²) in [4.78, 5) is 7.13. The van der Waals surface area contributed by atoms with Gasteiger partial charge in [0.05, 0.1) is 0 Å². The molecule has 1 aromatic rings. The first kappa shape index (κ1) is 9.74. The third-order valence-corrected chi connectivity index (χ3v) is 1.93. The van der Waals surface area contributed by atoms with E-state index in [4.69, 9.17) is 5.73 Å². The van der Waals surface area contributed by atoms with Crippen LogP contribution in [-0.2, 0) is 6.42 Å². The van der Waals surface area contributed by atoms with E-state index in [0.29, 0.717) is 0 Å². The first-order chi connectivity index (χ1) is 6.24. The monoisotopic (exact) mass is 177 g/mol. The van der Waals surface area contributed by atoms with Crippen LogP contribution < -0.4 is 5.73 Å². The van der Waals surface area contributed by atoms with Crippen LogP contribution in [0, 0.1) is 0 Å². The summed E-state index contributed by atoms with van der Waals surface area (Å²) in [5.74, 6) is 0.921. The van der Waals surface area contributed by atoms with E-state index in [1.165, 1.54) is 0 Å². The van der Waals surface area contributed by atoms with Crippen molar-refractivity contribution in [3.05, 3.63) is 42.5 Å². The lowest BCUT2D eigenvalue weighted by molar-refractivity contribution is 0.733. The minimum absolute atomic E-state index is 0.0177. The van der Waals surface area contributed by atoms with Crippen molar-refractivity contribution in [2.45, 2.75) is 19.4 Å². The lowest BCUT2D eigenvalue weighted by Gasteiger charge is -2.09. The van der Waals surface area contributed by atoms with Crippen LogP contribution in [0.5, 0.6) is 0 Å². The Morgan fingerprint density at radius 3 is 3.15 bits per heavy atom. The highest BCUT2D eigenvalue weighted by atomic mass is 14.9. The molecule has 0 fully saturated rings. The Balaban J connectivity index is 2.55. The Kier molecular flexibility index (Phi) is 3.46. The zero-order valence-corrected chi connectivity index (χ0v) is 7.83. The van der Waals surface area contributed by atoms with Crippen molar-refractivity contribution in [3.8, 4) is 0 Å². The molecular weight excluding hydrogens is 162 g/mol. The Labute approximate surface area is 78.4 Å². The lowest BCUT2D eigenvalue weighted by atomic mass is 10.1. The van der Waals surface area contributed by atoms with Crippen molar-refractivity contribution in [3.63, 3.8) is 0 Å².